The Morgan fingerprint density at radius 2 is 0.545 bits per heavy atom. The van der Waals surface area contributed by atoms with Crippen LogP contribution in [0.5, 0.6) is 0 Å². The summed E-state index contributed by atoms with van der Waals surface area (Å²) in [5.74, 6) is -0.870. The number of ether oxygens (including phenoxy) is 3. The van der Waals surface area contributed by atoms with Crippen LogP contribution < -0.4 is 0 Å². The zero-order chi connectivity index (χ0) is 47.9. The van der Waals surface area contributed by atoms with E-state index in [0.29, 0.717) is 19.3 Å². The molecule has 388 valence electrons. The highest BCUT2D eigenvalue weighted by Crippen LogP contribution is 2.17. The molecule has 6 heteroatoms. The molecule has 0 aliphatic heterocycles. The highest BCUT2D eigenvalue weighted by molar-refractivity contribution is 5.71. The number of esters is 3. The van der Waals surface area contributed by atoms with Gasteiger partial charge in [0.1, 0.15) is 13.2 Å². The van der Waals surface area contributed by atoms with Gasteiger partial charge in [-0.25, -0.2) is 0 Å². The van der Waals surface area contributed by atoms with Crippen LogP contribution in [-0.4, -0.2) is 37.2 Å². The second kappa shape index (κ2) is 55.5. The molecule has 0 N–H and O–H groups in total. The first kappa shape index (κ1) is 63.9. The van der Waals surface area contributed by atoms with Gasteiger partial charge in [0.2, 0.25) is 0 Å². The third-order valence-electron chi connectivity index (χ3n) is 13.2. The molecule has 0 aliphatic rings. The first-order valence-corrected chi connectivity index (χ1v) is 29.3. The lowest BCUT2D eigenvalue weighted by atomic mass is 10.0. The number of hydrogen-bond acceptors (Lipinski definition) is 6. The molecule has 0 amide bonds. The molecular weight excluding hydrogens is 817 g/mol. The van der Waals surface area contributed by atoms with Gasteiger partial charge in [0, 0.05) is 19.3 Å². The molecule has 66 heavy (non-hydrogen) atoms. The van der Waals surface area contributed by atoms with Gasteiger partial charge in [-0.2, -0.15) is 0 Å². The SMILES string of the molecule is CCCCCC/C=C\C/C=C\CCCCCCCCCC(=O)OC(COC(=O)CCCCCCCC)COC(=O)CCCCCCCCCCCCCCCCCCCCCCCCCC. The molecule has 0 saturated heterocycles. The Hall–Kier alpha value is -2.11. The van der Waals surface area contributed by atoms with E-state index < -0.39 is 6.10 Å². The van der Waals surface area contributed by atoms with Crippen LogP contribution >= 0.6 is 0 Å². The highest BCUT2D eigenvalue weighted by Gasteiger charge is 2.19. The van der Waals surface area contributed by atoms with Crippen molar-refractivity contribution in [2.75, 3.05) is 13.2 Å². The van der Waals surface area contributed by atoms with E-state index in [1.165, 1.54) is 212 Å². The number of carbonyl (C=O) groups is 3. The van der Waals surface area contributed by atoms with Crippen molar-refractivity contribution >= 4 is 17.9 Å². The van der Waals surface area contributed by atoms with Gasteiger partial charge >= 0.3 is 17.9 Å². The molecule has 0 aromatic rings. The highest BCUT2D eigenvalue weighted by atomic mass is 16.6. The number of hydrogen-bond donors (Lipinski definition) is 0. The first-order valence-electron chi connectivity index (χ1n) is 29.3. The van der Waals surface area contributed by atoms with Gasteiger partial charge < -0.3 is 14.2 Å². The Bertz CT molecular complexity index is 1070. The van der Waals surface area contributed by atoms with Crippen molar-refractivity contribution in [3.8, 4) is 0 Å². The predicted octanol–water partition coefficient (Wildman–Crippen LogP) is 19.5. The standard InChI is InChI=1S/C60H112O6/c1-4-7-10-13-16-18-20-22-24-26-28-29-30-31-32-33-35-36-38-40-42-44-47-50-53-59(62)65-56-57(55-64-58(61)52-49-46-15-12-9-6-3)66-60(63)54-51-48-45-43-41-39-37-34-27-25-23-21-19-17-14-11-8-5-2/h19,21,25,27,57H,4-18,20,22-24,26,28-56H2,1-3H3/b21-19-,27-25-. The second-order valence-corrected chi connectivity index (χ2v) is 19.9. The summed E-state index contributed by atoms with van der Waals surface area (Å²) in [7, 11) is 0. The van der Waals surface area contributed by atoms with Crippen LogP contribution in [0.15, 0.2) is 24.3 Å². The number of allylic oxidation sites excluding steroid dienone is 4. The second-order valence-electron chi connectivity index (χ2n) is 19.9. The maximum absolute atomic E-state index is 12.8. The van der Waals surface area contributed by atoms with Crippen LogP contribution in [0.1, 0.15) is 323 Å². The Labute approximate surface area is 411 Å². The van der Waals surface area contributed by atoms with Crippen molar-refractivity contribution in [1.29, 1.82) is 0 Å². The quantitative estimate of drug-likeness (QED) is 0.0262. The van der Waals surface area contributed by atoms with Crippen LogP contribution in [0, 0.1) is 0 Å². The van der Waals surface area contributed by atoms with Gasteiger partial charge in [0.25, 0.3) is 0 Å². The lowest BCUT2D eigenvalue weighted by Crippen LogP contribution is -2.30. The van der Waals surface area contributed by atoms with Gasteiger partial charge in [0.05, 0.1) is 0 Å². The maximum Gasteiger partial charge on any atom is 0.306 e. The van der Waals surface area contributed by atoms with E-state index in [9.17, 15) is 14.4 Å². The Balaban J connectivity index is 4.07. The van der Waals surface area contributed by atoms with E-state index in [2.05, 4.69) is 45.1 Å². The molecule has 0 aromatic carbocycles. The van der Waals surface area contributed by atoms with Gasteiger partial charge in [-0.1, -0.05) is 276 Å². The van der Waals surface area contributed by atoms with Crippen LogP contribution in [0.2, 0.25) is 0 Å². The maximum atomic E-state index is 12.8. The summed E-state index contributed by atoms with van der Waals surface area (Å²) in [4.78, 5) is 37.9. The summed E-state index contributed by atoms with van der Waals surface area (Å²) in [6, 6.07) is 0. The molecule has 0 aromatic heterocycles. The monoisotopic (exact) mass is 929 g/mol. The van der Waals surface area contributed by atoms with Crippen molar-refractivity contribution in [1.82, 2.24) is 0 Å². The predicted molar refractivity (Wildman–Crippen MR) is 284 cm³/mol. The van der Waals surface area contributed by atoms with E-state index in [-0.39, 0.29) is 31.1 Å². The average Bonchev–Trinajstić information content (AvgIpc) is 3.31. The normalized spacial score (nSPS) is 12.1. The molecule has 0 heterocycles. The van der Waals surface area contributed by atoms with Crippen molar-refractivity contribution in [2.45, 2.75) is 329 Å². The van der Waals surface area contributed by atoms with Gasteiger partial charge in [0.15, 0.2) is 6.10 Å². The molecule has 0 radical (unpaired) electrons. The van der Waals surface area contributed by atoms with Crippen molar-refractivity contribution < 1.29 is 28.6 Å². The Kier molecular flexibility index (Phi) is 53.7. The molecule has 6 nitrogen and oxygen atoms in total. The van der Waals surface area contributed by atoms with Crippen molar-refractivity contribution in [2.24, 2.45) is 0 Å². The van der Waals surface area contributed by atoms with Gasteiger partial charge in [-0.3, -0.25) is 14.4 Å². The Morgan fingerprint density at radius 1 is 0.303 bits per heavy atom. The summed E-state index contributed by atoms with van der Waals surface area (Å²) in [5, 5.41) is 0. The van der Waals surface area contributed by atoms with Gasteiger partial charge in [-0.15, -0.1) is 0 Å². The van der Waals surface area contributed by atoms with E-state index in [0.717, 1.165) is 70.6 Å². The summed E-state index contributed by atoms with van der Waals surface area (Å²) in [5.41, 5.74) is 0. The van der Waals surface area contributed by atoms with E-state index in [4.69, 9.17) is 14.2 Å². The molecule has 1 atom stereocenters. The zero-order valence-corrected chi connectivity index (χ0v) is 44.5. The molecule has 0 fully saturated rings. The molecule has 0 spiro atoms. The third-order valence-corrected chi connectivity index (χ3v) is 13.2. The number of unbranched alkanes of at least 4 members (excludes halogenated alkanes) is 39. The molecule has 0 aliphatic carbocycles. The fourth-order valence-electron chi connectivity index (χ4n) is 8.77. The number of rotatable bonds is 54. The van der Waals surface area contributed by atoms with E-state index >= 15 is 0 Å². The van der Waals surface area contributed by atoms with Crippen LogP contribution in [-0.2, 0) is 28.6 Å². The minimum Gasteiger partial charge on any atom is -0.462 e. The third kappa shape index (κ3) is 52.9. The van der Waals surface area contributed by atoms with Crippen LogP contribution in [0.4, 0.5) is 0 Å². The zero-order valence-electron chi connectivity index (χ0n) is 44.5. The molecular formula is C60H112O6. The van der Waals surface area contributed by atoms with Gasteiger partial charge in [-0.05, 0) is 51.4 Å². The summed E-state index contributed by atoms with van der Waals surface area (Å²) >= 11 is 0. The molecule has 0 saturated carbocycles. The fraction of sp³-hybridized carbons (Fsp3) is 0.883. The lowest BCUT2D eigenvalue weighted by Gasteiger charge is -2.18. The lowest BCUT2D eigenvalue weighted by molar-refractivity contribution is -0.167. The minimum atomic E-state index is -0.769. The van der Waals surface area contributed by atoms with Crippen LogP contribution in [0.3, 0.4) is 0 Å². The molecule has 0 rings (SSSR count). The first-order chi connectivity index (χ1) is 32.5. The van der Waals surface area contributed by atoms with Crippen molar-refractivity contribution in [3.63, 3.8) is 0 Å². The topological polar surface area (TPSA) is 78.9 Å². The number of carbonyl (C=O) groups excluding carboxylic acids is 3. The molecule has 0 bridgehead atoms. The summed E-state index contributed by atoms with van der Waals surface area (Å²) < 4.78 is 16.8. The molecule has 1 unspecified atom stereocenters. The smallest absolute Gasteiger partial charge is 0.306 e. The fourth-order valence-corrected chi connectivity index (χ4v) is 8.77. The summed E-state index contributed by atoms with van der Waals surface area (Å²) in [6.07, 6.45) is 65.0. The van der Waals surface area contributed by atoms with Crippen LogP contribution in [0.25, 0.3) is 0 Å². The summed E-state index contributed by atoms with van der Waals surface area (Å²) in [6.45, 7) is 6.60. The average molecular weight is 930 g/mol. The van der Waals surface area contributed by atoms with E-state index in [1.54, 1.807) is 0 Å². The Morgan fingerprint density at radius 3 is 0.848 bits per heavy atom. The largest absolute Gasteiger partial charge is 0.462 e. The van der Waals surface area contributed by atoms with E-state index in [1.807, 2.05) is 0 Å². The minimum absolute atomic E-state index is 0.0702. The van der Waals surface area contributed by atoms with Crippen molar-refractivity contribution in [3.05, 3.63) is 24.3 Å².